The molecule has 0 saturated heterocycles. The average molecular weight is 284 g/mol. The Morgan fingerprint density at radius 3 is 2.78 bits per heavy atom. The molecule has 0 aliphatic heterocycles. The molecule has 0 radical (unpaired) electrons. The van der Waals surface area contributed by atoms with Crippen molar-refractivity contribution < 1.29 is 4.79 Å². The number of rotatable bonds is 2. The first kappa shape index (κ1) is 12.5. The van der Waals surface area contributed by atoms with Gasteiger partial charge >= 0.3 is 0 Å². The second-order valence-electron chi connectivity index (χ2n) is 3.25. The van der Waals surface area contributed by atoms with E-state index in [1.165, 1.54) is 24.5 Å². The lowest BCUT2D eigenvalue weighted by Crippen LogP contribution is -2.16. The van der Waals surface area contributed by atoms with Crippen LogP contribution in [0.1, 0.15) is 10.4 Å². The number of amides is 1. The summed E-state index contributed by atoms with van der Waals surface area (Å²) >= 11 is 11.4. The number of hydrogen-bond acceptors (Lipinski definition) is 5. The molecule has 18 heavy (non-hydrogen) atoms. The number of hydrogen-bond donors (Lipinski definition) is 2. The first-order valence-corrected chi connectivity index (χ1v) is 5.53. The first-order valence-electron chi connectivity index (χ1n) is 4.77. The summed E-state index contributed by atoms with van der Waals surface area (Å²) < 4.78 is 0. The maximum Gasteiger partial charge on any atom is 0.260 e. The minimum Gasteiger partial charge on any atom is -0.397 e. The Hall–Kier alpha value is -1.92. The fourth-order valence-electron chi connectivity index (χ4n) is 1.20. The van der Waals surface area contributed by atoms with E-state index in [1.807, 2.05) is 0 Å². The molecule has 2 heterocycles. The van der Waals surface area contributed by atoms with Gasteiger partial charge in [0.15, 0.2) is 0 Å². The summed E-state index contributed by atoms with van der Waals surface area (Å²) in [5, 5.41) is 2.85. The van der Waals surface area contributed by atoms with Crippen molar-refractivity contribution in [1.82, 2.24) is 15.0 Å². The third kappa shape index (κ3) is 2.85. The normalized spacial score (nSPS) is 10.1. The number of halogens is 2. The third-order valence-electron chi connectivity index (χ3n) is 1.99. The minimum atomic E-state index is -0.487. The molecular formula is C10H7Cl2N5O. The monoisotopic (exact) mass is 283 g/mol. The SMILES string of the molecule is Nc1cnc(Cl)cc1C(=O)Nc1nccc(Cl)n1. The van der Waals surface area contributed by atoms with Crippen LogP contribution in [0.4, 0.5) is 11.6 Å². The van der Waals surface area contributed by atoms with Crippen molar-refractivity contribution in [3.63, 3.8) is 0 Å². The Morgan fingerprint density at radius 1 is 1.28 bits per heavy atom. The number of nitrogens with zero attached hydrogens (tertiary/aromatic N) is 3. The molecule has 8 heteroatoms. The standard InChI is InChI=1S/C10H7Cl2N5O/c11-7-1-2-14-10(16-7)17-9(18)5-3-8(12)15-4-6(5)13/h1-4H,13H2,(H,14,16,17,18). The highest BCUT2D eigenvalue weighted by molar-refractivity contribution is 6.30. The van der Waals surface area contributed by atoms with Gasteiger partial charge in [0.2, 0.25) is 5.95 Å². The molecule has 0 aliphatic rings. The topological polar surface area (TPSA) is 93.8 Å². The molecule has 1 amide bonds. The van der Waals surface area contributed by atoms with Gasteiger partial charge in [-0.15, -0.1) is 0 Å². The molecule has 0 unspecified atom stereocenters. The Morgan fingerprint density at radius 2 is 2.06 bits per heavy atom. The molecule has 2 aromatic heterocycles. The van der Waals surface area contributed by atoms with Gasteiger partial charge in [0, 0.05) is 6.20 Å². The van der Waals surface area contributed by atoms with E-state index in [1.54, 1.807) is 0 Å². The van der Waals surface area contributed by atoms with Crippen molar-refractivity contribution >= 4 is 40.7 Å². The zero-order valence-corrected chi connectivity index (χ0v) is 10.4. The molecule has 0 aromatic carbocycles. The van der Waals surface area contributed by atoms with Gasteiger partial charge in [-0.3, -0.25) is 10.1 Å². The van der Waals surface area contributed by atoms with E-state index in [4.69, 9.17) is 28.9 Å². The number of carbonyl (C=O) groups excluding carboxylic acids is 1. The number of pyridine rings is 1. The van der Waals surface area contributed by atoms with Crippen LogP contribution in [0.3, 0.4) is 0 Å². The van der Waals surface area contributed by atoms with Gasteiger partial charge in [-0.1, -0.05) is 23.2 Å². The number of nitrogen functional groups attached to an aromatic ring is 1. The van der Waals surface area contributed by atoms with Gasteiger partial charge in [-0.25, -0.2) is 15.0 Å². The van der Waals surface area contributed by atoms with E-state index in [-0.39, 0.29) is 27.5 Å². The van der Waals surface area contributed by atoms with E-state index >= 15 is 0 Å². The van der Waals surface area contributed by atoms with E-state index in [2.05, 4.69) is 20.3 Å². The summed E-state index contributed by atoms with van der Waals surface area (Å²) in [6, 6.07) is 2.85. The van der Waals surface area contributed by atoms with Gasteiger partial charge in [-0.05, 0) is 12.1 Å². The van der Waals surface area contributed by atoms with E-state index < -0.39 is 5.91 Å². The molecule has 3 N–H and O–H groups in total. The van der Waals surface area contributed by atoms with Crippen molar-refractivity contribution in [2.45, 2.75) is 0 Å². The maximum atomic E-state index is 11.9. The number of nitrogens with two attached hydrogens (primary N) is 1. The fraction of sp³-hybridized carbons (Fsp3) is 0. The molecule has 0 fully saturated rings. The molecule has 92 valence electrons. The molecule has 0 aliphatic carbocycles. The minimum absolute atomic E-state index is 0.0832. The van der Waals surface area contributed by atoms with E-state index in [9.17, 15) is 4.79 Å². The van der Waals surface area contributed by atoms with Crippen LogP contribution in [-0.2, 0) is 0 Å². The summed E-state index contributed by atoms with van der Waals surface area (Å²) in [5.74, 6) is -0.404. The van der Waals surface area contributed by atoms with Crippen molar-refractivity contribution in [1.29, 1.82) is 0 Å². The van der Waals surface area contributed by atoms with Crippen LogP contribution in [0.15, 0.2) is 24.5 Å². The molecule has 0 spiro atoms. The van der Waals surface area contributed by atoms with Crippen molar-refractivity contribution in [2.24, 2.45) is 0 Å². The summed E-state index contributed by atoms with van der Waals surface area (Å²) in [6.45, 7) is 0. The largest absolute Gasteiger partial charge is 0.397 e. The molecule has 6 nitrogen and oxygen atoms in total. The number of aromatic nitrogens is 3. The van der Waals surface area contributed by atoms with Gasteiger partial charge in [0.25, 0.3) is 5.91 Å². The Kier molecular flexibility index (Phi) is 3.59. The highest BCUT2D eigenvalue weighted by Gasteiger charge is 2.12. The van der Waals surface area contributed by atoms with Crippen LogP contribution in [0.25, 0.3) is 0 Å². The summed E-state index contributed by atoms with van der Waals surface area (Å²) in [4.78, 5) is 23.3. The number of nitrogens with one attached hydrogen (secondary N) is 1. The number of carbonyl (C=O) groups is 1. The predicted molar refractivity (Wildman–Crippen MR) is 68.7 cm³/mol. The predicted octanol–water partition coefficient (Wildman–Crippen LogP) is 2.01. The van der Waals surface area contributed by atoms with Gasteiger partial charge < -0.3 is 5.73 Å². The van der Waals surface area contributed by atoms with Gasteiger partial charge in [0.1, 0.15) is 10.3 Å². The van der Waals surface area contributed by atoms with E-state index in [0.717, 1.165) is 0 Å². The van der Waals surface area contributed by atoms with Crippen LogP contribution in [0.5, 0.6) is 0 Å². The Bertz CT molecular complexity index is 605. The van der Waals surface area contributed by atoms with Crippen LogP contribution in [0, 0.1) is 0 Å². The first-order chi connectivity index (χ1) is 8.56. The lowest BCUT2D eigenvalue weighted by Gasteiger charge is -2.06. The average Bonchev–Trinajstić information content (AvgIpc) is 2.32. The molecular weight excluding hydrogens is 277 g/mol. The molecule has 2 aromatic rings. The van der Waals surface area contributed by atoms with Crippen molar-refractivity contribution in [3.8, 4) is 0 Å². The number of anilines is 2. The molecule has 0 saturated carbocycles. The lowest BCUT2D eigenvalue weighted by molar-refractivity contribution is 0.102. The zero-order valence-electron chi connectivity index (χ0n) is 8.89. The van der Waals surface area contributed by atoms with Crippen LogP contribution in [0.2, 0.25) is 10.3 Å². The molecule has 0 atom stereocenters. The van der Waals surface area contributed by atoms with Gasteiger partial charge in [0.05, 0.1) is 17.4 Å². The quantitative estimate of drug-likeness (QED) is 0.650. The highest BCUT2D eigenvalue weighted by atomic mass is 35.5. The highest BCUT2D eigenvalue weighted by Crippen LogP contribution is 2.16. The van der Waals surface area contributed by atoms with Crippen molar-refractivity contribution in [2.75, 3.05) is 11.1 Å². The Labute approximate surface area is 112 Å². The van der Waals surface area contributed by atoms with Crippen molar-refractivity contribution in [3.05, 3.63) is 40.4 Å². The van der Waals surface area contributed by atoms with Gasteiger partial charge in [-0.2, -0.15) is 0 Å². The second-order valence-corrected chi connectivity index (χ2v) is 4.03. The zero-order chi connectivity index (χ0) is 13.1. The summed E-state index contributed by atoms with van der Waals surface area (Å²) in [5.41, 5.74) is 6.03. The van der Waals surface area contributed by atoms with Crippen LogP contribution >= 0.6 is 23.2 Å². The summed E-state index contributed by atoms with van der Waals surface area (Å²) in [7, 11) is 0. The fourth-order valence-corrected chi connectivity index (χ4v) is 1.50. The maximum absolute atomic E-state index is 11.9. The van der Waals surface area contributed by atoms with Crippen LogP contribution < -0.4 is 11.1 Å². The summed E-state index contributed by atoms with van der Waals surface area (Å²) in [6.07, 6.45) is 2.73. The second kappa shape index (κ2) is 5.16. The molecule has 2 rings (SSSR count). The Balaban J connectivity index is 2.24. The third-order valence-corrected chi connectivity index (χ3v) is 2.41. The lowest BCUT2D eigenvalue weighted by atomic mass is 10.2. The van der Waals surface area contributed by atoms with Crippen LogP contribution in [-0.4, -0.2) is 20.9 Å². The molecule has 0 bridgehead atoms. The smallest absolute Gasteiger partial charge is 0.260 e. The van der Waals surface area contributed by atoms with E-state index in [0.29, 0.717) is 0 Å².